The third kappa shape index (κ3) is 7.12. The molecule has 3 aromatic carbocycles. The summed E-state index contributed by atoms with van der Waals surface area (Å²) in [6, 6.07) is 21.0. The molecule has 2 atom stereocenters. The number of fused-ring (bicyclic) bond motifs is 1. The van der Waals surface area contributed by atoms with Crippen molar-refractivity contribution in [2.24, 2.45) is 0 Å². The number of carbonyl (C=O) groups excluding carboxylic acids is 2. The molecule has 1 amide bonds. The van der Waals surface area contributed by atoms with E-state index in [0.717, 1.165) is 60.3 Å². The number of ether oxygens (including phenoxy) is 2. The van der Waals surface area contributed by atoms with Crippen molar-refractivity contribution in [3.05, 3.63) is 82.3 Å². The molecule has 3 aromatic rings. The van der Waals surface area contributed by atoms with Crippen molar-refractivity contribution in [2.45, 2.75) is 29.6 Å². The maximum atomic E-state index is 14.1. The van der Waals surface area contributed by atoms with Gasteiger partial charge in [0.2, 0.25) is 0 Å². The number of carbonyl (C=O) groups is 2. The lowest BCUT2D eigenvalue weighted by atomic mass is 10.1. The summed E-state index contributed by atoms with van der Waals surface area (Å²) in [6.45, 7) is 6.43. The van der Waals surface area contributed by atoms with E-state index in [1.54, 1.807) is 18.1 Å². The van der Waals surface area contributed by atoms with Gasteiger partial charge in [0.25, 0.3) is 5.91 Å². The molecule has 7 nitrogen and oxygen atoms in total. The van der Waals surface area contributed by atoms with Crippen LogP contribution in [0.4, 0.5) is 11.4 Å². The Morgan fingerprint density at radius 1 is 0.927 bits per heavy atom. The zero-order valence-electron chi connectivity index (χ0n) is 23.1. The maximum Gasteiger partial charge on any atom is 0.303 e. The SMILES string of the molecule is COc1ccc([C@@H]2Sc3cc(Cl)ccc3N(CCCN3CCN(c4ccc(Cl)cc4)CC3)C(=O)[C@@H]2OC(C)=O)cc1. The monoisotopic (exact) mass is 613 g/mol. The first-order chi connectivity index (χ1) is 19.8. The number of piperazine rings is 1. The highest BCUT2D eigenvalue weighted by atomic mass is 35.5. The topological polar surface area (TPSA) is 62.3 Å². The highest BCUT2D eigenvalue weighted by molar-refractivity contribution is 7.99. The first-order valence-electron chi connectivity index (χ1n) is 13.6. The second-order valence-electron chi connectivity index (χ2n) is 10.1. The van der Waals surface area contributed by atoms with Crippen LogP contribution < -0.4 is 14.5 Å². The van der Waals surface area contributed by atoms with Gasteiger partial charge in [-0.25, -0.2) is 0 Å². The molecule has 216 valence electrons. The molecule has 0 radical (unpaired) electrons. The summed E-state index contributed by atoms with van der Waals surface area (Å²) in [6.07, 6.45) is -0.209. The van der Waals surface area contributed by atoms with Gasteiger partial charge in [-0.1, -0.05) is 35.3 Å². The Hall–Kier alpha value is -2.91. The van der Waals surface area contributed by atoms with Crippen LogP contribution in [0.5, 0.6) is 5.75 Å². The predicted molar refractivity (Wildman–Crippen MR) is 166 cm³/mol. The normalized spacial score (nSPS) is 19.5. The van der Waals surface area contributed by atoms with Gasteiger partial charge >= 0.3 is 5.97 Å². The third-order valence-corrected chi connectivity index (χ3v) is 9.25. The van der Waals surface area contributed by atoms with E-state index in [0.29, 0.717) is 17.3 Å². The molecule has 0 aliphatic carbocycles. The van der Waals surface area contributed by atoms with E-state index in [1.165, 1.54) is 24.4 Å². The molecule has 1 saturated heterocycles. The van der Waals surface area contributed by atoms with Crippen LogP contribution in [0.1, 0.15) is 24.2 Å². The van der Waals surface area contributed by atoms with E-state index in [9.17, 15) is 9.59 Å². The summed E-state index contributed by atoms with van der Waals surface area (Å²) in [5, 5.41) is 0.881. The fourth-order valence-corrected chi connectivity index (χ4v) is 7.02. The van der Waals surface area contributed by atoms with Crippen LogP contribution in [-0.4, -0.2) is 69.3 Å². The Labute approximate surface area is 255 Å². The van der Waals surface area contributed by atoms with Gasteiger partial charge in [0.15, 0.2) is 6.10 Å². The Balaban J connectivity index is 1.31. The predicted octanol–water partition coefficient (Wildman–Crippen LogP) is 6.33. The first kappa shape index (κ1) is 29.6. The Bertz CT molecular complexity index is 1360. The number of halogens is 2. The van der Waals surface area contributed by atoms with Gasteiger partial charge in [-0.3, -0.25) is 14.5 Å². The molecule has 0 N–H and O–H groups in total. The van der Waals surface area contributed by atoms with Gasteiger partial charge in [0.05, 0.1) is 18.0 Å². The van der Waals surface area contributed by atoms with Crippen molar-refractivity contribution in [1.82, 2.24) is 4.90 Å². The van der Waals surface area contributed by atoms with Gasteiger partial charge in [-0.15, -0.1) is 11.8 Å². The number of hydrogen-bond donors (Lipinski definition) is 0. The molecule has 41 heavy (non-hydrogen) atoms. The molecule has 0 aromatic heterocycles. The summed E-state index contributed by atoms with van der Waals surface area (Å²) >= 11 is 13.9. The number of thioether (sulfide) groups is 1. The Morgan fingerprint density at radius 2 is 1.61 bits per heavy atom. The lowest BCUT2D eigenvalue weighted by molar-refractivity contribution is -0.152. The molecule has 1 fully saturated rings. The van der Waals surface area contributed by atoms with Crippen LogP contribution in [-0.2, 0) is 14.3 Å². The fourth-order valence-electron chi connectivity index (χ4n) is 5.30. The molecule has 0 bridgehead atoms. The van der Waals surface area contributed by atoms with Crippen molar-refractivity contribution in [2.75, 3.05) is 56.2 Å². The average molecular weight is 615 g/mol. The minimum atomic E-state index is -0.986. The van der Waals surface area contributed by atoms with Crippen molar-refractivity contribution in [3.63, 3.8) is 0 Å². The highest BCUT2D eigenvalue weighted by Gasteiger charge is 2.41. The van der Waals surface area contributed by atoms with E-state index in [-0.39, 0.29) is 5.91 Å². The van der Waals surface area contributed by atoms with Gasteiger partial charge < -0.3 is 19.3 Å². The van der Waals surface area contributed by atoms with Gasteiger partial charge in [0, 0.05) is 60.3 Å². The number of rotatable bonds is 8. The van der Waals surface area contributed by atoms with Crippen LogP contribution in [0.25, 0.3) is 0 Å². The van der Waals surface area contributed by atoms with Gasteiger partial charge in [-0.05, 0) is 73.1 Å². The van der Waals surface area contributed by atoms with Crippen LogP contribution >= 0.6 is 35.0 Å². The van der Waals surface area contributed by atoms with E-state index < -0.39 is 17.3 Å². The quantitative estimate of drug-likeness (QED) is 0.275. The summed E-state index contributed by atoms with van der Waals surface area (Å²) < 4.78 is 11.0. The van der Waals surface area contributed by atoms with Crippen molar-refractivity contribution < 1.29 is 19.1 Å². The third-order valence-electron chi connectivity index (χ3n) is 7.41. The second kappa shape index (κ2) is 13.4. The zero-order chi connectivity index (χ0) is 28.9. The van der Waals surface area contributed by atoms with E-state index in [1.807, 2.05) is 48.5 Å². The number of benzene rings is 3. The standard InChI is InChI=1S/C31H33Cl2N3O4S/c1-21(37)40-29-30(22-4-11-26(39-2)12-5-22)41-28-20-24(33)8-13-27(28)36(31(29)38)15-3-14-34-16-18-35(19-17-34)25-9-6-23(32)7-10-25/h4-13,20,29-30H,3,14-19H2,1-2H3/t29-,30+/m1/s1. The smallest absolute Gasteiger partial charge is 0.303 e. The summed E-state index contributed by atoms with van der Waals surface area (Å²) in [7, 11) is 1.61. The number of nitrogens with zero attached hydrogens (tertiary/aromatic N) is 3. The van der Waals surface area contributed by atoms with Crippen LogP contribution in [0.3, 0.4) is 0 Å². The lowest BCUT2D eigenvalue weighted by Crippen LogP contribution is -2.47. The zero-order valence-corrected chi connectivity index (χ0v) is 25.4. The van der Waals surface area contributed by atoms with E-state index in [4.69, 9.17) is 32.7 Å². The molecule has 0 spiro atoms. The number of amides is 1. The molecule has 0 saturated carbocycles. The van der Waals surface area contributed by atoms with Crippen molar-refractivity contribution >= 4 is 58.2 Å². The number of esters is 1. The van der Waals surface area contributed by atoms with E-state index in [2.05, 4.69) is 21.9 Å². The van der Waals surface area contributed by atoms with Crippen molar-refractivity contribution in [3.8, 4) is 5.75 Å². The molecule has 5 rings (SSSR count). The molecular weight excluding hydrogens is 581 g/mol. The number of hydrogen-bond acceptors (Lipinski definition) is 7. The molecule has 2 aliphatic heterocycles. The second-order valence-corrected chi connectivity index (χ2v) is 12.2. The summed E-state index contributed by atoms with van der Waals surface area (Å²) in [4.78, 5) is 33.7. The molecule has 2 aliphatic rings. The minimum absolute atomic E-state index is 0.234. The van der Waals surface area contributed by atoms with Gasteiger partial charge in [-0.2, -0.15) is 0 Å². The summed E-state index contributed by atoms with van der Waals surface area (Å²) in [5.74, 6) is -0.0195. The lowest BCUT2D eigenvalue weighted by Gasteiger charge is -2.36. The summed E-state index contributed by atoms with van der Waals surface area (Å²) in [5.41, 5.74) is 2.83. The maximum absolute atomic E-state index is 14.1. The molecular formula is C31H33Cl2N3O4S. The molecule has 10 heteroatoms. The minimum Gasteiger partial charge on any atom is -0.497 e. The van der Waals surface area contributed by atoms with Crippen LogP contribution in [0.2, 0.25) is 10.0 Å². The van der Waals surface area contributed by atoms with Crippen LogP contribution in [0.15, 0.2) is 71.6 Å². The van der Waals surface area contributed by atoms with E-state index >= 15 is 0 Å². The highest BCUT2D eigenvalue weighted by Crippen LogP contribution is 2.47. The largest absolute Gasteiger partial charge is 0.497 e. The first-order valence-corrected chi connectivity index (χ1v) is 15.3. The Kier molecular flexibility index (Phi) is 9.65. The fraction of sp³-hybridized carbons (Fsp3) is 0.355. The van der Waals surface area contributed by atoms with Crippen LogP contribution in [0, 0.1) is 0 Å². The number of methoxy groups -OCH3 is 1. The van der Waals surface area contributed by atoms with Gasteiger partial charge in [0.1, 0.15) is 5.75 Å². The average Bonchev–Trinajstić information content (AvgIpc) is 3.08. The Morgan fingerprint density at radius 3 is 2.27 bits per heavy atom. The molecule has 2 heterocycles. The molecule has 0 unspecified atom stereocenters. The number of anilines is 2. The van der Waals surface area contributed by atoms with Crippen molar-refractivity contribution in [1.29, 1.82) is 0 Å².